The van der Waals surface area contributed by atoms with Crippen molar-refractivity contribution in [3.63, 3.8) is 0 Å². The van der Waals surface area contributed by atoms with Crippen molar-refractivity contribution in [2.24, 2.45) is 0 Å². The van der Waals surface area contributed by atoms with E-state index < -0.39 is 9.84 Å². The molecule has 2 nitrogen and oxygen atoms in total. The monoisotopic (exact) mass is 242 g/mol. The number of rotatable bonds is 3. The van der Waals surface area contributed by atoms with Gasteiger partial charge in [-0.2, -0.15) is 0 Å². The lowest BCUT2D eigenvalue weighted by Gasteiger charge is -2.06. The highest BCUT2D eigenvalue weighted by Crippen LogP contribution is 2.26. The van der Waals surface area contributed by atoms with Crippen LogP contribution in [0.5, 0.6) is 0 Å². The Bertz CT molecular complexity index is 456. The van der Waals surface area contributed by atoms with Gasteiger partial charge < -0.3 is 0 Å². The summed E-state index contributed by atoms with van der Waals surface area (Å²) in [6, 6.07) is 6.90. The van der Waals surface area contributed by atoms with Gasteiger partial charge in [-0.25, -0.2) is 8.42 Å². The fourth-order valence-electron chi connectivity index (χ4n) is 1.22. The summed E-state index contributed by atoms with van der Waals surface area (Å²) in [5.41, 5.74) is 1.06. The van der Waals surface area contributed by atoms with E-state index in [1.807, 2.05) is 6.92 Å². The molecular formula is C11H14O2S2. The van der Waals surface area contributed by atoms with Crippen LogP contribution in [0.4, 0.5) is 0 Å². The van der Waals surface area contributed by atoms with Crippen molar-refractivity contribution in [3.8, 4) is 0 Å². The van der Waals surface area contributed by atoms with E-state index >= 15 is 0 Å². The summed E-state index contributed by atoms with van der Waals surface area (Å²) >= 11 is 1.25. The van der Waals surface area contributed by atoms with Gasteiger partial charge in [-0.3, -0.25) is 0 Å². The maximum absolute atomic E-state index is 12.0. The van der Waals surface area contributed by atoms with Crippen LogP contribution >= 0.6 is 11.8 Å². The van der Waals surface area contributed by atoms with Crippen LogP contribution in [0.15, 0.2) is 39.5 Å². The van der Waals surface area contributed by atoms with Crippen LogP contribution in [0.25, 0.3) is 0 Å². The summed E-state index contributed by atoms with van der Waals surface area (Å²) < 4.78 is 24.4. The average Bonchev–Trinajstić information content (AvgIpc) is 2.19. The Kier molecular flexibility index (Phi) is 3.99. The van der Waals surface area contributed by atoms with Gasteiger partial charge >= 0.3 is 0 Å². The van der Waals surface area contributed by atoms with Crippen LogP contribution in [-0.2, 0) is 9.84 Å². The number of benzene rings is 1. The van der Waals surface area contributed by atoms with Crippen LogP contribution in [0, 0.1) is 6.92 Å². The average molecular weight is 242 g/mol. The molecule has 0 N–H and O–H groups in total. The largest absolute Gasteiger partial charge is 0.218 e. The molecule has 0 aliphatic carbocycles. The number of sulfone groups is 1. The molecule has 0 unspecified atom stereocenters. The van der Waals surface area contributed by atoms with Gasteiger partial charge in [-0.1, -0.05) is 23.8 Å². The first-order chi connectivity index (χ1) is 7.02. The minimum Gasteiger partial charge on any atom is -0.218 e. The molecule has 0 radical (unpaired) electrons. The van der Waals surface area contributed by atoms with E-state index in [1.54, 1.807) is 43.5 Å². The molecule has 4 heteroatoms. The molecular weight excluding hydrogens is 228 g/mol. The van der Waals surface area contributed by atoms with Gasteiger partial charge in [0.05, 0.1) is 9.13 Å². The zero-order valence-corrected chi connectivity index (χ0v) is 10.7. The maximum Gasteiger partial charge on any atom is 0.212 e. The quantitative estimate of drug-likeness (QED) is 0.817. The maximum atomic E-state index is 12.0. The molecule has 0 aliphatic heterocycles. The highest BCUT2D eigenvalue weighted by atomic mass is 32.3. The first-order valence-corrected chi connectivity index (χ1v) is 7.25. The summed E-state index contributed by atoms with van der Waals surface area (Å²) in [6.45, 7) is 3.67. The number of thioether (sulfide) groups is 1. The Morgan fingerprint density at radius 1 is 1.27 bits per heavy atom. The second kappa shape index (κ2) is 4.86. The smallest absolute Gasteiger partial charge is 0.212 e. The summed E-state index contributed by atoms with van der Waals surface area (Å²) in [6.07, 6.45) is 3.39. The van der Waals surface area contributed by atoms with E-state index in [-0.39, 0.29) is 0 Å². The lowest BCUT2D eigenvalue weighted by atomic mass is 10.2. The fourth-order valence-corrected chi connectivity index (χ4v) is 3.66. The van der Waals surface area contributed by atoms with Gasteiger partial charge in [0.2, 0.25) is 9.84 Å². The predicted octanol–water partition coefficient (Wildman–Crippen LogP) is 2.99. The van der Waals surface area contributed by atoms with Crippen molar-refractivity contribution in [1.29, 1.82) is 0 Å². The van der Waals surface area contributed by atoms with E-state index in [0.29, 0.717) is 9.13 Å². The highest BCUT2D eigenvalue weighted by Gasteiger charge is 2.18. The van der Waals surface area contributed by atoms with Crippen LogP contribution in [0.3, 0.4) is 0 Å². The molecule has 0 heterocycles. The molecule has 82 valence electrons. The molecule has 0 fully saturated rings. The lowest BCUT2D eigenvalue weighted by Crippen LogP contribution is -2.01. The van der Waals surface area contributed by atoms with Crippen molar-refractivity contribution in [2.45, 2.75) is 18.7 Å². The predicted molar refractivity (Wildman–Crippen MR) is 65.6 cm³/mol. The van der Waals surface area contributed by atoms with Gasteiger partial charge in [0.15, 0.2) is 0 Å². The van der Waals surface area contributed by atoms with E-state index in [1.165, 1.54) is 11.8 Å². The molecule has 15 heavy (non-hydrogen) atoms. The van der Waals surface area contributed by atoms with E-state index in [9.17, 15) is 8.42 Å². The van der Waals surface area contributed by atoms with Crippen molar-refractivity contribution in [3.05, 3.63) is 40.1 Å². The van der Waals surface area contributed by atoms with Crippen LogP contribution < -0.4 is 0 Å². The summed E-state index contributed by atoms with van der Waals surface area (Å²) in [5, 5.41) is 0. The fraction of sp³-hybridized carbons (Fsp3) is 0.273. The Balaban J connectivity index is 3.23. The first kappa shape index (κ1) is 12.3. The minimum atomic E-state index is -3.29. The van der Waals surface area contributed by atoms with Gasteiger partial charge in [0.25, 0.3) is 0 Å². The molecule has 1 rings (SSSR count). The minimum absolute atomic E-state index is 0.357. The molecule has 0 aliphatic rings. The second-order valence-electron chi connectivity index (χ2n) is 3.13. The van der Waals surface area contributed by atoms with Gasteiger partial charge in [-0.15, -0.1) is 11.8 Å². The topological polar surface area (TPSA) is 34.1 Å². The van der Waals surface area contributed by atoms with Crippen LogP contribution in [0.1, 0.15) is 12.5 Å². The Labute approximate surface area is 95.3 Å². The standard InChI is InChI=1S/C11H14O2S2/c1-4-11(14-3)15(12,13)10-7-5-9(2)6-8-10/h4-8H,1-3H3/b11-4+. The van der Waals surface area contributed by atoms with Crippen LogP contribution in [-0.4, -0.2) is 14.7 Å². The number of hydrogen-bond acceptors (Lipinski definition) is 3. The summed E-state index contributed by atoms with van der Waals surface area (Å²) in [7, 11) is -3.29. The number of hydrogen-bond donors (Lipinski definition) is 0. The number of allylic oxidation sites excluding steroid dienone is 1. The third kappa shape index (κ3) is 2.63. The van der Waals surface area contributed by atoms with Crippen LogP contribution in [0.2, 0.25) is 0 Å². The molecule has 0 amide bonds. The zero-order valence-electron chi connectivity index (χ0n) is 9.02. The molecule has 0 atom stereocenters. The van der Waals surface area contributed by atoms with E-state index in [2.05, 4.69) is 0 Å². The zero-order chi connectivity index (χ0) is 11.5. The highest BCUT2D eigenvalue weighted by molar-refractivity contribution is 8.18. The van der Waals surface area contributed by atoms with Gasteiger partial charge in [0, 0.05) is 0 Å². The SMILES string of the molecule is C/C=C(\SC)S(=O)(=O)c1ccc(C)cc1. The van der Waals surface area contributed by atoms with Gasteiger partial charge in [0.1, 0.15) is 0 Å². The lowest BCUT2D eigenvalue weighted by molar-refractivity contribution is 0.604. The molecule has 0 spiro atoms. The summed E-state index contributed by atoms with van der Waals surface area (Å²) in [5.74, 6) is 0. The van der Waals surface area contributed by atoms with Crippen molar-refractivity contribution in [1.82, 2.24) is 0 Å². The van der Waals surface area contributed by atoms with E-state index in [0.717, 1.165) is 5.56 Å². The second-order valence-corrected chi connectivity index (χ2v) is 6.15. The molecule has 0 aromatic heterocycles. The molecule has 1 aromatic carbocycles. The summed E-state index contributed by atoms with van der Waals surface area (Å²) in [4.78, 5) is 0.357. The molecule has 0 saturated carbocycles. The Hall–Kier alpha value is -0.740. The molecule has 0 bridgehead atoms. The van der Waals surface area contributed by atoms with Gasteiger partial charge in [-0.05, 0) is 32.2 Å². The first-order valence-electron chi connectivity index (χ1n) is 4.54. The third-order valence-corrected chi connectivity index (χ3v) is 5.49. The normalized spacial score (nSPS) is 12.9. The van der Waals surface area contributed by atoms with Crippen molar-refractivity contribution in [2.75, 3.05) is 6.26 Å². The third-order valence-electron chi connectivity index (χ3n) is 2.03. The molecule has 1 aromatic rings. The Morgan fingerprint density at radius 2 is 1.80 bits per heavy atom. The van der Waals surface area contributed by atoms with Crippen molar-refractivity contribution >= 4 is 21.6 Å². The Morgan fingerprint density at radius 3 is 2.20 bits per heavy atom. The van der Waals surface area contributed by atoms with E-state index in [4.69, 9.17) is 0 Å². The molecule has 0 saturated heterocycles. The van der Waals surface area contributed by atoms with Crippen molar-refractivity contribution < 1.29 is 8.42 Å². The number of aryl methyl sites for hydroxylation is 1.